The van der Waals surface area contributed by atoms with Crippen molar-refractivity contribution in [2.24, 2.45) is 0 Å². The van der Waals surface area contributed by atoms with E-state index in [2.05, 4.69) is 15.4 Å². The van der Waals surface area contributed by atoms with E-state index in [0.29, 0.717) is 23.7 Å². The predicted molar refractivity (Wildman–Crippen MR) is 85.3 cm³/mol. The number of ether oxygens (including phenoxy) is 1. The fraction of sp³-hybridized carbons (Fsp3) is 0.188. The Morgan fingerprint density at radius 3 is 2.35 bits per heavy atom. The first-order chi connectivity index (χ1) is 11.0. The molecule has 0 aliphatic carbocycles. The zero-order chi connectivity index (χ0) is 16.7. The zero-order valence-corrected chi connectivity index (χ0v) is 12.8. The van der Waals surface area contributed by atoms with Gasteiger partial charge in [0.2, 0.25) is 0 Å². The monoisotopic (exact) mass is 340 g/mol. The molecule has 7 heteroatoms. The van der Waals surface area contributed by atoms with Crippen LogP contribution in [0.2, 0.25) is 5.02 Å². The summed E-state index contributed by atoms with van der Waals surface area (Å²) in [7, 11) is 0. The van der Waals surface area contributed by atoms with Crippen LogP contribution in [0.1, 0.15) is 5.56 Å². The van der Waals surface area contributed by atoms with Gasteiger partial charge in [0.25, 0.3) is 0 Å². The van der Waals surface area contributed by atoms with Gasteiger partial charge in [-0.1, -0.05) is 23.7 Å². The molecule has 0 atom stereocenters. The van der Waals surface area contributed by atoms with E-state index >= 15 is 0 Å². The average Bonchev–Trinajstić information content (AvgIpc) is 2.51. The van der Waals surface area contributed by atoms with Crippen LogP contribution in [-0.2, 0) is 6.42 Å². The molecule has 0 spiro atoms. The van der Waals surface area contributed by atoms with Crippen LogP contribution in [0.5, 0.6) is 5.75 Å². The van der Waals surface area contributed by atoms with Crippen LogP contribution in [0, 0.1) is 0 Å². The first kappa shape index (κ1) is 17.0. The van der Waals surface area contributed by atoms with Crippen LogP contribution in [0.4, 0.5) is 19.3 Å². The zero-order valence-electron chi connectivity index (χ0n) is 12.1. The van der Waals surface area contributed by atoms with Crippen LogP contribution >= 0.6 is 11.6 Å². The molecule has 122 valence electrons. The van der Waals surface area contributed by atoms with E-state index in [1.165, 1.54) is 24.3 Å². The van der Waals surface area contributed by atoms with E-state index in [9.17, 15) is 13.6 Å². The summed E-state index contributed by atoms with van der Waals surface area (Å²) < 4.78 is 28.3. The summed E-state index contributed by atoms with van der Waals surface area (Å²) in [6.07, 6.45) is 0.672. The van der Waals surface area contributed by atoms with Crippen molar-refractivity contribution in [3.63, 3.8) is 0 Å². The predicted octanol–water partition coefficient (Wildman–Crippen LogP) is 4.31. The van der Waals surface area contributed by atoms with E-state index in [0.717, 1.165) is 5.56 Å². The third kappa shape index (κ3) is 6.12. The lowest BCUT2D eigenvalue weighted by atomic mass is 10.1. The van der Waals surface area contributed by atoms with Crippen LogP contribution in [0.3, 0.4) is 0 Å². The third-order valence-electron chi connectivity index (χ3n) is 2.95. The summed E-state index contributed by atoms with van der Waals surface area (Å²) in [5.41, 5.74) is 1.54. The highest BCUT2D eigenvalue weighted by molar-refractivity contribution is 6.30. The number of urea groups is 1. The average molecular weight is 341 g/mol. The lowest BCUT2D eigenvalue weighted by molar-refractivity contribution is -0.0498. The first-order valence-corrected chi connectivity index (χ1v) is 7.25. The van der Waals surface area contributed by atoms with Gasteiger partial charge in [0.05, 0.1) is 0 Å². The van der Waals surface area contributed by atoms with Crippen molar-refractivity contribution in [3.8, 4) is 5.75 Å². The van der Waals surface area contributed by atoms with Gasteiger partial charge in [-0.05, 0) is 48.4 Å². The van der Waals surface area contributed by atoms with Crippen molar-refractivity contribution >= 4 is 23.3 Å². The van der Waals surface area contributed by atoms with Gasteiger partial charge in [-0.3, -0.25) is 0 Å². The lowest BCUT2D eigenvalue weighted by Gasteiger charge is -2.09. The first-order valence-electron chi connectivity index (χ1n) is 6.87. The van der Waals surface area contributed by atoms with Gasteiger partial charge < -0.3 is 15.4 Å². The Morgan fingerprint density at radius 2 is 1.74 bits per heavy atom. The van der Waals surface area contributed by atoms with E-state index in [1.807, 2.05) is 12.1 Å². The smallest absolute Gasteiger partial charge is 0.387 e. The summed E-state index contributed by atoms with van der Waals surface area (Å²) in [6, 6.07) is 12.7. The van der Waals surface area contributed by atoms with Gasteiger partial charge in [0.1, 0.15) is 5.75 Å². The second-order valence-corrected chi connectivity index (χ2v) is 5.10. The van der Waals surface area contributed by atoms with E-state index < -0.39 is 6.61 Å². The highest BCUT2D eigenvalue weighted by Crippen LogP contribution is 2.17. The van der Waals surface area contributed by atoms with Gasteiger partial charge in [0, 0.05) is 17.3 Å². The minimum Gasteiger partial charge on any atom is -0.435 e. The molecule has 0 bridgehead atoms. The fourth-order valence-corrected chi connectivity index (χ4v) is 1.99. The van der Waals surface area contributed by atoms with E-state index in [1.54, 1.807) is 12.1 Å². The minimum atomic E-state index is -2.87. The molecule has 23 heavy (non-hydrogen) atoms. The minimum absolute atomic E-state index is 0.0358. The van der Waals surface area contributed by atoms with Crippen LogP contribution in [-0.4, -0.2) is 19.2 Å². The molecule has 2 amide bonds. The molecule has 0 radical (unpaired) electrons. The number of benzene rings is 2. The van der Waals surface area contributed by atoms with Gasteiger partial charge in [-0.25, -0.2) is 4.79 Å². The molecular weight excluding hydrogens is 326 g/mol. The van der Waals surface area contributed by atoms with Crippen molar-refractivity contribution < 1.29 is 18.3 Å². The molecule has 0 heterocycles. The Bertz CT molecular complexity index is 634. The lowest BCUT2D eigenvalue weighted by Crippen LogP contribution is -2.30. The standard InChI is InChI=1S/C16H15ClF2N2O2/c17-12-3-1-11(2-4-12)9-10-20-16(22)21-13-5-7-14(8-6-13)23-15(18)19/h1-8,15H,9-10H2,(H2,20,21,22). The van der Waals surface area contributed by atoms with E-state index in [4.69, 9.17) is 11.6 Å². The molecule has 2 aromatic rings. The summed E-state index contributed by atoms with van der Waals surface area (Å²) in [4.78, 5) is 11.7. The Kier molecular flexibility index (Phi) is 6.17. The molecule has 2 N–H and O–H groups in total. The van der Waals surface area contributed by atoms with Gasteiger partial charge in [0.15, 0.2) is 0 Å². The SMILES string of the molecule is O=C(NCCc1ccc(Cl)cc1)Nc1ccc(OC(F)F)cc1. The highest BCUT2D eigenvalue weighted by atomic mass is 35.5. The summed E-state index contributed by atoms with van der Waals surface area (Å²) in [5, 5.41) is 5.98. The molecule has 0 unspecified atom stereocenters. The largest absolute Gasteiger partial charge is 0.435 e. The number of rotatable bonds is 6. The van der Waals surface area contributed by atoms with Gasteiger partial charge >= 0.3 is 12.6 Å². The Hall–Kier alpha value is -2.34. The molecular formula is C16H15ClF2N2O2. The number of amides is 2. The quantitative estimate of drug-likeness (QED) is 0.823. The maximum absolute atomic E-state index is 12.0. The number of halogens is 3. The Morgan fingerprint density at radius 1 is 1.09 bits per heavy atom. The van der Waals surface area contributed by atoms with Crippen molar-refractivity contribution in [1.29, 1.82) is 0 Å². The number of alkyl halides is 2. The van der Waals surface area contributed by atoms with Gasteiger partial charge in [-0.15, -0.1) is 0 Å². The Labute approximate surface area is 137 Å². The number of anilines is 1. The molecule has 0 aliphatic rings. The van der Waals surface area contributed by atoms with Crippen LogP contribution in [0.25, 0.3) is 0 Å². The normalized spacial score (nSPS) is 10.4. The summed E-state index contributed by atoms with van der Waals surface area (Å²) >= 11 is 5.80. The molecule has 0 fully saturated rings. The van der Waals surface area contributed by atoms with Crippen LogP contribution in [0.15, 0.2) is 48.5 Å². The number of carbonyl (C=O) groups excluding carboxylic acids is 1. The number of nitrogens with one attached hydrogen (secondary N) is 2. The van der Waals surface area contributed by atoms with E-state index in [-0.39, 0.29) is 11.8 Å². The van der Waals surface area contributed by atoms with Crippen LogP contribution < -0.4 is 15.4 Å². The summed E-state index contributed by atoms with van der Waals surface area (Å²) in [5.74, 6) is 0.0358. The van der Waals surface area contributed by atoms with Crippen molar-refractivity contribution in [2.45, 2.75) is 13.0 Å². The molecule has 0 aromatic heterocycles. The molecule has 0 saturated carbocycles. The fourth-order valence-electron chi connectivity index (χ4n) is 1.87. The third-order valence-corrected chi connectivity index (χ3v) is 3.20. The number of hydrogen-bond acceptors (Lipinski definition) is 2. The van der Waals surface area contributed by atoms with Crippen molar-refractivity contribution in [2.75, 3.05) is 11.9 Å². The summed E-state index contributed by atoms with van der Waals surface area (Å²) in [6.45, 7) is -2.41. The molecule has 0 aliphatic heterocycles. The molecule has 4 nitrogen and oxygen atoms in total. The second-order valence-electron chi connectivity index (χ2n) is 4.66. The number of hydrogen-bond donors (Lipinski definition) is 2. The highest BCUT2D eigenvalue weighted by Gasteiger charge is 2.05. The van der Waals surface area contributed by atoms with Gasteiger partial charge in [-0.2, -0.15) is 8.78 Å². The Balaban J connectivity index is 1.75. The maximum atomic E-state index is 12.0. The molecule has 2 rings (SSSR count). The molecule has 2 aromatic carbocycles. The molecule has 0 saturated heterocycles. The van der Waals surface area contributed by atoms with Crippen molar-refractivity contribution in [1.82, 2.24) is 5.32 Å². The second kappa shape index (κ2) is 8.33. The maximum Gasteiger partial charge on any atom is 0.387 e. The number of carbonyl (C=O) groups is 1. The topological polar surface area (TPSA) is 50.4 Å². The van der Waals surface area contributed by atoms with Crippen molar-refractivity contribution in [3.05, 3.63) is 59.1 Å².